The molecule has 0 aliphatic carbocycles. The van der Waals surface area contributed by atoms with E-state index >= 15 is 0 Å². The molecule has 1 aromatic rings. The third-order valence-corrected chi connectivity index (χ3v) is 2.39. The number of primary amides is 1. The molecule has 2 amide bonds. The van der Waals surface area contributed by atoms with Crippen LogP contribution in [0.5, 0.6) is 5.75 Å². The molecule has 0 aliphatic heterocycles. The van der Waals surface area contributed by atoms with Gasteiger partial charge in [0, 0.05) is 0 Å². The van der Waals surface area contributed by atoms with Gasteiger partial charge in [0.25, 0.3) is 0 Å². The highest BCUT2D eigenvalue weighted by molar-refractivity contribution is 5.71. The summed E-state index contributed by atoms with van der Waals surface area (Å²) in [5.41, 5.74) is 6.34. The molecule has 4 nitrogen and oxygen atoms in total. The summed E-state index contributed by atoms with van der Waals surface area (Å²) in [5.74, 6) is 0.796. The highest BCUT2D eigenvalue weighted by Crippen LogP contribution is 2.24. The molecule has 94 valence electrons. The summed E-state index contributed by atoms with van der Waals surface area (Å²) in [6.45, 7) is 7.33. The molecule has 0 aromatic heterocycles. The summed E-state index contributed by atoms with van der Waals surface area (Å²) in [6, 6.07) is 7.44. The Bertz CT molecular complexity index is 366. The van der Waals surface area contributed by atoms with Gasteiger partial charge < -0.3 is 15.8 Å². The minimum atomic E-state index is -0.531. The maximum absolute atomic E-state index is 10.4. The van der Waals surface area contributed by atoms with E-state index in [1.807, 2.05) is 12.1 Å². The van der Waals surface area contributed by atoms with Gasteiger partial charge in [-0.1, -0.05) is 32.9 Å². The van der Waals surface area contributed by atoms with Crippen molar-refractivity contribution in [3.8, 4) is 5.75 Å². The average Bonchev–Trinajstić information content (AvgIpc) is 2.23. The van der Waals surface area contributed by atoms with Gasteiger partial charge in [-0.25, -0.2) is 4.79 Å². The molecule has 1 rings (SSSR count). The molecule has 0 saturated heterocycles. The summed E-state index contributed by atoms with van der Waals surface area (Å²) >= 11 is 0. The molecule has 0 aliphatic rings. The van der Waals surface area contributed by atoms with E-state index in [-0.39, 0.29) is 5.41 Å². The molecular weight excluding hydrogens is 216 g/mol. The second-order valence-corrected chi connectivity index (χ2v) is 4.91. The summed E-state index contributed by atoms with van der Waals surface area (Å²) in [7, 11) is 0. The van der Waals surface area contributed by atoms with E-state index in [0.29, 0.717) is 13.2 Å². The topological polar surface area (TPSA) is 64.3 Å². The SMILES string of the molecule is CC(C)(C)c1ccc(OCCNC(N)=O)cc1. The molecule has 4 heteroatoms. The van der Waals surface area contributed by atoms with Gasteiger partial charge in [-0.15, -0.1) is 0 Å². The first kappa shape index (κ1) is 13.4. The maximum Gasteiger partial charge on any atom is 0.312 e. The van der Waals surface area contributed by atoms with Crippen LogP contribution in [0.25, 0.3) is 0 Å². The Morgan fingerprint density at radius 1 is 1.29 bits per heavy atom. The lowest BCUT2D eigenvalue weighted by Crippen LogP contribution is -2.32. The van der Waals surface area contributed by atoms with Crippen molar-refractivity contribution in [3.05, 3.63) is 29.8 Å². The lowest BCUT2D eigenvalue weighted by molar-refractivity contribution is 0.244. The number of benzene rings is 1. The molecule has 0 bridgehead atoms. The molecule has 0 radical (unpaired) electrons. The zero-order valence-corrected chi connectivity index (χ0v) is 10.6. The van der Waals surface area contributed by atoms with Gasteiger partial charge in [0.2, 0.25) is 0 Å². The molecule has 0 heterocycles. The number of nitrogens with two attached hydrogens (primary N) is 1. The Morgan fingerprint density at radius 2 is 1.88 bits per heavy atom. The van der Waals surface area contributed by atoms with Crippen LogP contribution in [0.2, 0.25) is 0 Å². The monoisotopic (exact) mass is 236 g/mol. The fourth-order valence-electron chi connectivity index (χ4n) is 1.39. The molecule has 17 heavy (non-hydrogen) atoms. The molecule has 1 aromatic carbocycles. The van der Waals surface area contributed by atoms with Gasteiger partial charge in [0.05, 0.1) is 6.54 Å². The van der Waals surface area contributed by atoms with Crippen molar-refractivity contribution in [1.82, 2.24) is 5.32 Å². The van der Waals surface area contributed by atoms with E-state index in [4.69, 9.17) is 10.5 Å². The summed E-state index contributed by atoms with van der Waals surface area (Å²) in [4.78, 5) is 10.4. The van der Waals surface area contributed by atoms with E-state index in [1.54, 1.807) is 0 Å². The first-order valence-corrected chi connectivity index (χ1v) is 5.66. The predicted octanol–water partition coefficient (Wildman–Crippen LogP) is 2.03. The quantitative estimate of drug-likeness (QED) is 0.786. The fourth-order valence-corrected chi connectivity index (χ4v) is 1.39. The van der Waals surface area contributed by atoms with Gasteiger partial charge in [0.1, 0.15) is 12.4 Å². The molecule has 0 atom stereocenters. The van der Waals surface area contributed by atoms with Crippen molar-refractivity contribution < 1.29 is 9.53 Å². The molecule has 3 N–H and O–H groups in total. The molecule has 0 unspecified atom stereocenters. The minimum Gasteiger partial charge on any atom is -0.492 e. The second-order valence-electron chi connectivity index (χ2n) is 4.91. The fraction of sp³-hybridized carbons (Fsp3) is 0.462. The van der Waals surface area contributed by atoms with Crippen LogP contribution in [0.4, 0.5) is 4.79 Å². The number of hydrogen-bond acceptors (Lipinski definition) is 2. The Balaban J connectivity index is 2.43. The van der Waals surface area contributed by atoms with Gasteiger partial charge >= 0.3 is 6.03 Å². The van der Waals surface area contributed by atoms with Gasteiger partial charge in [-0.2, -0.15) is 0 Å². The number of carbonyl (C=O) groups is 1. The molecule has 0 fully saturated rings. The lowest BCUT2D eigenvalue weighted by atomic mass is 9.87. The van der Waals surface area contributed by atoms with Crippen LogP contribution >= 0.6 is 0 Å². The maximum atomic E-state index is 10.4. The highest BCUT2D eigenvalue weighted by atomic mass is 16.5. The van der Waals surface area contributed by atoms with Gasteiger partial charge in [-0.3, -0.25) is 0 Å². The predicted molar refractivity (Wildman–Crippen MR) is 68.2 cm³/mol. The van der Waals surface area contributed by atoms with Crippen molar-refractivity contribution in [1.29, 1.82) is 0 Å². The summed E-state index contributed by atoms with van der Waals surface area (Å²) in [5, 5.41) is 2.47. The van der Waals surface area contributed by atoms with E-state index < -0.39 is 6.03 Å². The Hall–Kier alpha value is -1.71. The minimum absolute atomic E-state index is 0.145. The number of carbonyl (C=O) groups excluding carboxylic acids is 1. The van der Waals surface area contributed by atoms with Crippen LogP contribution in [0.1, 0.15) is 26.3 Å². The summed E-state index contributed by atoms with van der Waals surface area (Å²) < 4.78 is 5.45. The van der Waals surface area contributed by atoms with E-state index in [9.17, 15) is 4.79 Å². The van der Waals surface area contributed by atoms with Gasteiger partial charge in [0.15, 0.2) is 0 Å². The first-order chi connectivity index (χ1) is 7.89. The van der Waals surface area contributed by atoms with Crippen LogP contribution in [-0.2, 0) is 5.41 Å². The van der Waals surface area contributed by atoms with Crippen molar-refractivity contribution in [2.45, 2.75) is 26.2 Å². The zero-order chi connectivity index (χ0) is 12.9. The molecule has 0 spiro atoms. The number of nitrogens with one attached hydrogen (secondary N) is 1. The Labute approximate surface area is 102 Å². The number of hydrogen-bond donors (Lipinski definition) is 2. The van der Waals surface area contributed by atoms with Crippen LogP contribution in [0.3, 0.4) is 0 Å². The Kier molecular flexibility index (Phi) is 4.37. The number of amides is 2. The first-order valence-electron chi connectivity index (χ1n) is 5.66. The standard InChI is InChI=1S/C13H20N2O2/c1-13(2,3)10-4-6-11(7-5-10)17-9-8-15-12(14)16/h4-7H,8-9H2,1-3H3,(H3,14,15,16). The van der Waals surface area contributed by atoms with Crippen molar-refractivity contribution in [3.63, 3.8) is 0 Å². The zero-order valence-electron chi connectivity index (χ0n) is 10.6. The van der Waals surface area contributed by atoms with Crippen LogP contribution in [0, 0.1) is 0 Å². The van der Waals surface area contributed by atoms with Gasteiger partial charge in [-0.05, 0) is 23.1 Å². The normalized spacial score (nSPS) is 11.0. The number of urea groups is 1. The van der Waals surface area contributed by atoms with Crippen LogP contribution < -0.4 is 15.8 Å². The second kappa shape index (κ2) is 5.57. The largest absolute Gasteiger partial charge is 0.492 e. The lowest BCUT2D eigenvalue weighted by Gasteiger charge is -2.19. The third-order valence-electron chi connectivity index (χ3n) is 2.39. The van der Waals surface area contributed by atoms with Crippen molar-refractivity contribution >= 4 is 6.03 Å². The third kappa shape index (κ3) is 4.76. The molecule has 0 saturated carbocycles. The average molecular weight is 236 g/mol. The Morgan fingerprint density at radius 3 is 2.35 bits per heavy atom. The molecular formula is C13H20N2O2. The number of rotatable bonds is 4. The van der Waals surface area contributed by atoms with Crippen molar-refractivity contribution in [2.24, 2.45) is 5.73 Å². The number of ether oxygens (including phenoxy) is 1. The van der Waals surface area contributed by atoms with E-state index in [0.717, 1.165) is 5.75 Å². The highest BCUT2D eigenvalue weighted by Gasteiger charge is 2.12. The van der Waals surface area contributed by atoms with E-state index in [2.05, 4.69) is 38.2 Å². The van der Waals surface area contributed by atoms with Crippen LogP contribution in [-0.4, -0.2) is 19.2 Å². The smallest absolute Gasteiger partial charge is 0.312 e. The van der Waals surface area contributed by atoms with Crippen molar-refractivity contribution in [2.75, 3.05) is 13.2 Å². The summed E-state index contributed by atoms with van der Waals surface area (Å²) in [6.07, 6.45) is 0. The van der Waals surface area contributed by atoms with Crippen LogP contribution in [0.15, 0.2) is 24.3 Å². The van der Waals surface area contributed by atoms with E-state index in [1.165, 1.54) is 5.56 Å².